The molecule has 130 valence electrons. The first kappa shape index (κ1) is 16.5. The van der Waals surface area contributed by atoms with Crippen LogP contribution in [0.5, 0.6) is 0 Å². The lowest BCUT2D eigenvalue weighted by molar-refractivity contribution is -0.510. The molecule has 1 saturated carbocycles. The topological polar surface area (TPSA) is 55.8 Å². The third-order valence-corrected chi connectivity index (χ3v) is 5.80. The first-order chi connectivity index (χ1) is 12.0. The van der Waals surface area contributed by atoms with Crippen LogP contribution in [0.4, 0.5) is 0 Å². The van der Waals surface area contributed by atoms with Crippen LogP contribution in [0.1, 0.15) is 43.7 Å². The zero-order chi connectivity index (χ0) is 17.5. The molecular formula is C21H22O4. The standard InChI is InChI=1S/C21H22O4/c1-19-15-20(16-9-4-2-5-10-16,17-11-6-3-7-12-17)24-25-21(19,23)14-8-13-18(19)22/h2-7,9-12,23H,8,13-15H2,1H3. The second-order valence-corrected chi connectivity index (χ2v) is 7.30. The number of fused-ring (bicyclic) bond motifs is 1. The maximum absolute atomic E-state index is 12.8. The number of carbonyl (C=O) groups is 1. The van der Waals surface area contributed by atoms with E-state index in [0.29, 0.717) is 25.7 Å². The fourth-order valence-electron chi connectivity index (χ4n) is 4.18. The molecule has 25 heavy (non-hydrogen) atoms. The number of rotatable bonds is 2. The van der Waals surface area contributed by atoms with Crippen LogP contribution in [-0.2, 0) is 20.2 Å². The Balaban J connectivity index is 1.88. The lowest BCUT2D eigenvalue weighted by atomic mass is 9.61. The monoisotopic (exact) mass is 338 g/mol. The minimum atomic E-state index is -1.57. The second kappa shape index (κ2) is 5.77. The number of Topliss-reactive ketones (excluding diaryl/α,β-unsaturated/α-hetero) is 1. The number of hydrogen-bond donors (Lipinski definition) is 1. The molecule has 4 rings (SSSR count). The average molecular weight is 338 g/mol. The Kier molecular flexibility index (Phi) is 3.80. The highest BCUT2D eigenvalue weighted by molar-refractivity contribution is 5.86. The van der Waals surface area contributed by atoms with E-state index in [0.717, 1.165) is 11.1 Å². The summed E-state index contributed by atoms with van der Waals surface area (Å²) in [6, 6.07) is 19.5. The zero-order valence-corrected chi connectivity index (χ0v) is 14.3. The third-order valence-electron chi connectivity index (χ3n) is 5.80. The van der Waals surface area contributed by atoms with Crippen molar-refractivity contribution in [3.8, 4) is 0 Å². The maximum atomic E-state index is 12.8. The van der Waals surface area contributed by atoms with Gasteiger partial charge in [-0.25, -0.2) is 4.89 Å². The van der Waals surface area contributed by atoms with E-state index in [-0.39, 0.29) is 5.78 Å². The van der Waals surface area contributed by atoms with E-state index in [9.17, 15) is 9.90 Å². The first-order valence-corrected chi connectivity index (χ1v) is 8.74. The van der Waals surface area contributed by atoms with Crippen molar-refractivity contribution in [3.63, 3.8) is 0 Å². The first-order valence-electron chi connectivity index (χ1n) is 8.74. The highest BCUT2D eigenvalue weighted by Gasteiger charge is 2.64. The number of benzene rings is 2. The van der Waals surface area contributed by atoms with Gasteiger partial charge in [-0.15, -0.1) is 0 Å². The van der Waals surface area contributed by atoms with Crippen molar-refractivity contribution >= 4 is 5.78 Å². The van der Waals surface area contributed by atoms with E-state index in [1.165, 1.54) is 0 Å². The quantitative estimate of drug-likeness (QED) is 0.848. The van der Waals surface area contributed by atoms with Gasteiger partial charge in [0.25, 0.3) is 0 Å². The van der Waals surface area contributed by atoms with Gasteiger partial charge in [0.1, 0.15) is 5.78 Å². The van der Waals surface area contributed by atoms with E-state index >= 15 is 0 Å². The van der Waals surface area contributed by atoms with E-state index in [1.807, 2.05) is 60.7 Å². The Morgan fingerprint density at radius 3 is 2.04 bits per heavy atom. The van der Waals surface area contributed by atoms with Gasteiger partial charge in [-0.2, -0.15) is 4.89 Å². The van der Waals surface area contributed by atoms with Crippen molar-refractivity contribution < 1.29 is 19.7 Å². The molecule has 0 bridgehead atoms. The molecule has 1 heterocycles. The second-order valence-electron chi connectivity index (χ2n) is 7.30. The molecule has 2 fully saturated rings. The summed E-state index contributed by atoms with van der Waals surface area (Å²) in [6.07, 6.45) is 1.80. The van der Waals surface area contributed by atoms with Gasteiger partial charge in [-0.05, 0) is 24.5 Å². The molecule has 0 amide bonds. The molecule has 4 nitrogen and oxygen atoms in total. The van der Waals surface area contributed by atoms with Crippen LogP contribution in [0.15, 0.2) is 60.7 Å². The molecule has 0 spiro atoms. The Morgan fingerprint density at radius 2 is 1.48 bits per heavy atom. The molecule has 1 aliphatic carbocycles. The summed E-state index contributed by atoms with van der Waals surface area (Å²) < 4.78 is 0. The van der Waals surface area contributed by atoms with Crippen LogP contribution in [-0.4, -0.2) is 16.7 Å². The summed E-state index contributed by atoms with van der Waals surface area (Å²) in [7, 11) is 0. The molecular weight excluding hydrogens is 316 g/mol. The molecule has 1 N–H and O–H groups in total. The lowest BCUT2D eigenvalue weighted by Crippen LogP contribution is -2.63. The van der Waals surface area contributed by atoms with E-state index < -0.39 is 16.8 Å². The molecule has 2 atom stereocenters. The summed E-state index contributed by atoms with van der Waals surface area (Å²) in [5.74, 6) is -1.55. The zero-order valence-electron chi connectivity index (χ0n) is 14.3. The van der Waals surface area contributed by atoms with Gasteiger partial charge in [0.05, 0.1) is 5.41 Å². The normalized spacial score (nSPS) is 31.4. The molecule has 2 aliphatic rings. The molecule has 2 aromatic rings. The number of hydrogen-bond acceptors (Lipinski definition) is 4. The van der Waals surface area contributed by atoms with Crippen molar-refractivity contribution in [2.24, 2.45) is 5.41 Å². The SMILES string of the molecule is CC12CC(c3ccccc3)(c3ccccc3)OOC1(O)CCCC2=O. The molecule has 0 radical (unpaired) electrons. The van der Waals surface area contributed by atoms with Crippen LogP contribution in [0.2, 0.25) is 0 Å². The molecule has 1 aliphatic heterocycles. The minimum absolute atomic E-state index is 0.0285. The lowest BCUT2D eigenvalue weighted by Gasteiger charge is -2.54. The molecule has 2 aromatic carbocycles. The molecule has 4 heteroatoms. The predicted octanol–water partition coefficient (Wildman–Crippen LogP) is 3.73. The summed E-state index contributed by atoms with van der Waals surface area (Å²) in [5, 5.41) is 11.0. The van der Waals surface area contributed by atoms with Crippen LogP contribution < -0.4 is 0 Å². The van der Waals surface area contributed by atoms with Crippen LogP contribution in [0.3, 0.4) is 0 Å². The van der Waals surface area contributed by atoms with Crippen molar-refractivity contribution in [1.29, 1.82) is 0 Å². The van der Waals surface area contributed by atoms with Gasteiger partial charge < -0.3 is 5.11 Å². The van der Waals surface area contributed by atoms with Crippen molar-refractivity contribution in [3.05, 3.63) is 71.8 Å². The Bertz CT molecular complexity index is 733. The Morgan fingerprint density at radius 1 is 0.920 bits per heavy atom. The number of aliphatic hydroxyl groups is 1. The highest BCUT2D eigenvalue weighted by atomic mass is 17.2. The summed E-state index contributed by atoms with van der Waals surface area (Å²) in [5.41, 5.74) is -0.142. The van der Waals surface area contributed by atoms with Gasteiger partial charge in [0.2, 0.25) is 5.79 Å². The molecule has 2 unspecified atom stereocenters. The average Bonchev–Trinajstić information content (AvgIpc) is 2.65. The smallest absolute Gasteiger partial charge is 0.211 e. The predicted molar refractivity (Wildman–Crippen MR) is 92.4 cm³/mol. The third kappa shape index (κ3) is 2.36. The highest BCUT2D eigenvalue weighted by Crippen LogP contribution is 2.56. The molecule has 0 aromatic heterocycles. The number of carbonyl (C=O) groups excluding carboxylic acids is 1. The summed E-state index contributed by atoms with van der Waals surface area (Å²) in [4.78, 5) is 24.3. The Labute approximate surface area is 147 Å². The van der Waals surface area contributed by atoms with Crippen molar-refractivity contribution in [2.75, 3.05) is 0 Å². The largest absolute Gasteiger partial charge is 0.363 e. The van der Waals surface area contributed by atoms with Gasteiger partial charge in [-0.3, -0.25) is 4.79 Å². The van der Waals surface area contributed by atoms with Crippen LogP contribution >= 0.6 is 0 Å². The fourth-order valence-corrected chi connectivity index (χ4v) is 4.18. The van der Waals surface area contributed by atoms with Gasteiger partial charge in [-0.1, -0.05) is 60.7 Å². The minimum Gasteiger partial charge on any atom is -0.363 e. The summed E-state index contributed by atoms with van der Waals surface area (Å²) in [6.45, 7) is 1.80. The van der Waals surface area contributed by atoms with Crippen molar-refractivity contribution in [2.45, 2.75) is 44.0 Å². The maximum Gasteiger partial charge on any atom is 0.211 e. The Hall–Kier alpha value is -2.01. The molecule has 1 saturated heterocycles. The van der Waals surface area contributed by atoms with Gasteiger partial charge >= 0.3 is 0 Å². The van der Waals surface area contributed by atoms with Gasteiger partial charge in [0.15, 0.2) is 5.60 Å². The summed E-state index contributed by atoms with van der Waals surface area (Å²) >= 11 is 0. The van der Waals surface area contributed by atoms with E-state index in [4.69, 9.17) is 9.78 Å². The van der Waals surface area contributed by atoms with E-state index in [1.54, 1.807) is 6.92 Å². The van der Waals surface area contributed by atoms with Crippen LogP contribution in [0, 0.1) is 5.41 Å². The van der Waals surface area contributed by atoms with E-state index in [2.05, 4.69) is 0 Å². The van der Waals surface area contributed by atoms with Gasteiger partial charge in [0, 0.05) is 19.3 Å². The van der Waals surface area contributed by atoms with Crippen LogP contribution in [0.25, 0.3) is 0 Å². The van der Waals surface area contributed by atoms with Crippen molar-refractivity contribution in [1.82, 2.24) is 0 Å². The number of ketones is 1. The fraction of sp³-hybridized carbons (Fsp3) is 0.381.